The van der Waals surface area contributed by atoms with Gasteiger partial charge in [-0.05, 0) is 41.3 Å². The van der Waals surface area contributed by atoms with Crippen molar-refractivity contribution in [3.05, 3.63) is 53.1 Å². The first-order valence-electron chi connectivity index (χ1n) is 11.8. The molecule has 0 bridgehead atoms. The van der Waals surface area contributed by atoms with Gasteiger partial charge in [-0.1, -0.05) is 24.3 Å². The van der Waals surface area contributed by atoms with Crippen LogP contribution in [0.2, 0.25) is 0 Å². The van der Waals surface area contributed by atoms with E-state index in [-0.39, 0.29) is 18.5 Å². The molecule has 0 aliphatic heterocycles. The average molecular weight is 511 g/mol. The van der Waals surface area contributed by atoms with Crippen molar-refractivity contribution in [3.63, 3.8) is 0 Å². The van der Waals surface area contributed by atoms with E-state index < -0.39 is 0 Å². The van der Waals surface area contributed by atoms with Crippen LogP contribution in [0.25, 0.3) is 11.1 Å². The average Bonchev–Trinajstić information content (AvgIpc) is 2.91. The zero-order chi connectivity index (χ0) is 26.8. The Morgan fingerprint density at radius 1 is 0.892 bits per heavy atom. The summed E-state index contributed by atoms with van der Waals surface area (Å²) in [5, 5.41) is 5.95. The van der Waals surface area contributed by atoms with E-state index in [1.165, 1.54) is 21.1 Å². The van der Waals surface area contributed by atoms with Crippen molar-refractivity contribution < 1.29 is 28.5 Å². The number of rotatable bonds is 13. The number of hydrogen-bond donors (Lipinski definition) is 2. The van der Waals surface area contributed by atoms with Gasteiger partial charge in [0.05, 0.1) is 34.0 Å². The van der Waals surface area contributed by atoms with Gasteiger partial charge in [0.15, 0.2) is 11.5 Å². The zero-order valence-corrected chi connectivity index (χ0v) is 22.1. The molecule has 0 spiro atoms. The van der Waals surface area contributed by atoms with E-state index in [9.17, 15) is 4.79 Å². The monoisotopic (exact) mass is 510 g/mol. The zero-order valence-electron chi connectivity index (χ0n) is 22.1. The molecule has 10 heteroatoms. The molecular formula is C27H34N4O6. The van der Waals surface area contributed by atoms with E-state index in [1.807, 2.05) is 37.3 Å². The summed E-state index contributed by atoms with van der Waals surface area (Å²) in [5.74, 6) is 1.97. The summed E-state index contributed by atoms with van der Waals surface area (Å²) < 4.78 is 27.7. The third-order valence-corrected chi connectivity index (χ3v) is 5.77. The van der Waals surface area contributed by atoms with Gasteiger partial charge in [-0.2, -0.15) is 9.97 Å². The molecule has 37 heavy (non-hydrogen) atoms. The number of carbonyl (C=O) groups excluding carboxylic acids is 1. The molecule has 3 aromatic rings. The number of nitrogens with one attached hydrogen (secondary N) is 2. The lowest BCUT2D eigenvalue weighted by Gasteiger charge is -2.16. The first kappa shape index (κ1) is 27.5. The number of amides is 1. The SMILES string of the molecule is COc1ccc(-c2cccc(COc3nc(OC)c(CNCCNC(C)=O)c(OC)n3)c2C)cc1OC. The molecule has 198 valence electrons. The number of ether oxygens (including phenoxy) is 5. The van der Waals surface area contributed by atoms with Crippen LogP contribution in [0.4, 0.5) is 0 Å². The molecule has 10 nitrogen and oxygen atoms in total. The van der Waals surface area contributed by atoms with Crippen LogP contribution in [0.15, 0.2) is 36.4 Å². The molecule has 0 atom stereocenters. The molecule has 1 heterocycles. The Labute approximate surface area is 217 Å². The Bertz CT molecular complexity index is 1190. The highest BCUT2D eigenvalue weighted by molar-refractivity contribution is 5.72. The third-order valence-electron chi connectivity index (χ3n) is 5.77. The minimum absolute atomic E-state index is 0.0775. The van der Waals surface area contributed by atoms with Gasteiger partial charge in [-0.25, -0.2) is 0 Å². The fraction of sp³-hybridized carbons (Fsp3) is 0.370. The van der Waals surface area contributed by atoms with Crippen molar-refractivity contribution in [1.29, 1.82) is 0 Å². The van der Waals surface area contributed by atoms with Crippen LogP contribution >= 0.6 is 0 Å². The largest absolute Gasteiger partial charge is 0.493 e. The number of nitrogens with zero attached hydrogens (tertiary/aromatic N) is 2. The highest BCUT2D eigenvalue weighted by atomic mass is 16.5. The van der Waals surface area contributed by atoms with Gasteiger partial charge in [-0.3, -0.25) is 4.79 Å². The Morgan fingerprint density at radius 3 is 2.22 bits per heavy atom. The Balaban J connectivity index is 1.76. The van der Waals surface area contributed by atoms with Gasteiger partial charge in [0, 0.05) is 26.6 Å². The van der Waals surface area contributed by atoms with Crippen molar-refractivity contribution in [1.82, 2.24) is 20.6 Å². The molecule has 0 saturated heterocycles. The fourth-order valence-corrected chi connectivity index (χ4v) is 3.82. The molecule has 1 amide bonds. The second kappa shape index (κ2) is 13.3. The van der Waals surface area contributed by atoms with E-state index in [0.29, 0.717) is 48.5 Å². The van der Waals surface area contributed by atoms with Crippen molar-refractivity contribution in [2.45, 2.75) is 27.0 Å². The van der Waals surface area contributed by atoms with Gasteiger partial charge < -0.3 is 34.3 Å². The molecule has 0 aliphatic rings. The molecule has 0 radical (unpaired) electrons. The fourth-order valence-electron chi connectivity index (χ4n) is 3.82. The summed E-state index contributed by atoms with van der Waals surface area (Å²) in [6.45, 7) is 5.25. The van der Waals surface area contributed by atoms with E-state index >= 15 is 0 Å². The van der Waals surface area contributed by atoms with Crippen LogP contribution in [0.5, 0.6) is 29.3 Å². The normalized spacial score (nSPS) is 10.5. The summed E-state index contributed by atoms with van der Waals surface area (Å²) in [4.78, 5) is 19.9. The Hall–Kier alpha value is -4.05. The molecule has 1 aromatic heterocycles. The Kier molecular flexibility index (Phi) is 9.91. The van der Waals surface area contributed by atoms with Crippen LogP contribution < -0.4 is 34.3 Å². The molecule has 3 rings (SSSR count). The smallest absolute Gasteiger partial charge is 0.323 e. The van der Waals surface area contributed by atoms with E-state index in [2.05, 4.69) is 26.7 Å². The molecule has 2 N–H and O–H groups in total. The molecular weight excluding hydrogens is 476 g/mol. The molecule has 0 fully saturated rings. The lowest BCUT2D eigenvalue weighted by Crippen LogP contribution is -2.30. The van der Waals surface area contributed by atoms with Crippen molar-refractivity contribution >= 4 is 5.91 Å². The molecule has 0 unspecified atom stereocenters. The summed E-state index contributed by atoms with van der Waals surface area (Å²) in [6.07, 6.45) is 0. The van der Waals surface area contributed by atoms with Crippen molar-refractivity contribution in [2.75, 3.05) is 41.5 Å². The van der Waals surface area contributed by atoms with Crippen molar-refractivity contribution in [2.24, 2.45) is 0 Å². The van der Waals surface area contributed by atoms with Crippen LogP contribution in [0.1, 0.15) is 23.6 Å². The minimum Gasteiger partial charge on any atom is -0.493 e. The maximum atomic E-state index is 11.0. The number of methoxy groups -OCH3 is 4. The lowest BCUT2D eigenvalue weighted by molar-refractivity contribution is -0.118. The van der Waals surface area contributed by atoms with Crippen LogP contribution in [0.3, 0.4) is 0 Å². The second-order valence-electron chi connectivity index (χ2n) is 8.11. The quantitative estimate of drug-likeness (QED) is 0.335. The predicted molar refractivity (Wildman–Crippen MR) is 140 cm³/mol. The van der Waals surface area contributed by atoms with Crippen molar-refractivity contribution in [3.8, 4) is 40.4 Å². The summed E-state index contributed by atoms with van der Waals surface area (Å²) in [5.41, 5.74) is 4.77. The first-order chi connectivity index (χ1) is 17.9. The summed E-state index contributed by atoms with van der Waals surface area (Å²) >= 11 is 0. The van der Waals surface area contributed by atoms with Crippen LogP contribution in [-0.2, 0) is 17.9 Å². The van der Waals surface area contributed by atoms with Gasteiger partial charge >= 0.3 is 6.01 Å². The maximum Gasteiger partial charge on any atom is 0.323 e. The van der Waals surface area contributed by atoms with E-state index in [4.69, 9.17) is 23.7 Å². The highest BCUT2D eigenvalue weighted by Crippen LogP contribution is 2.34. The number of aromatic nitrogens is 2. The molecule has 0 aliphatic carbocycles. The number of hydrogen-bond acceptors (Lipinski definition) is 9. The Morgan fingerprint density at radius 2 is 1.59 bits per heavy atom. The van der Waals surface area contributed by atoms with Gasteiger partial charge in [0.25, 0.3) is 0 Å². The second-order valence-corrected chi connectivity index (χ2v) is 8.11. The summed E-state index contributed by atoms with van der Waals surface area (Å²) in [7, 11) is 6.30. The third kappa shape index (κ3) is 7.01. The van der Waals surface area contributed by atoms with Gasteiger partial charge in [-0.15, -0.1) is 0 Å². The topological polar surface area (TPSA) is 113 Å². The standard InChI is InChI=1S/C27H34N4O6/c1-17-20(8-7-9-21(17)19-10-11-23(33-3)24(14-19)34-4)16-37-27-30-25(35-5)22(26(31-27)36-6)15-28-12-13-29-18(2)32/h7-11,14,28H,12-13,15-16H2,1-6H3,(H,29,32). The molecule has 2 aromatic carbocycles. The van der Waals surface area contributed by atoms with Crippen LogP contribution in [-0.4, -0.2) is 57.4 Å². The summed E-state index contributed by atoms with van der Waals surface area (Å²) in [6, 6.07) is 12.0. The molecule has 0 saturated carbocycles. The predicted octanol–water partition coefficient (Wildman–Crippen LogP) is 3.29. The van der Waals surface area contributed by atoms with Gasteiger partial charge in [0.1, 0.15) is 6.61 Å². The minimum atomic E-state index is -0.0775. The van der Waals surface area contributed by atoms with Crippen LogP contribution in [0, 0.1) is 6.92 Å². The van der Waals surface area contributed by atoms with E-state index in [0.717, 1.165) is 22.3 Å². The number of carbonyl (C=O) groups is 1. The lowest BCUT2D eigenvalue weighted by atomic mass is 9.96. The van der Waals surface area contributed by atoms with E-state index in [1.54, 1.807) is 14.2 Å². The maximum absolute atomic E-state index is 11.0. The first-order valence-corrected chi connectivity index (χ1v) is 11.8. The van der Waals surface area contributed by atoms with Gasteiger partial charge in [0.2, 0.25) is 17.7 Å². The number of benzene rings is 2. The highest BCUT2D eigenvalue weighted by Gasteiger charge is 2.17.